The number of nitrogens with one attached hydrogen (secondary N) is 1. The minimum absolute atomic E-state index is 0.494. The van der Waals surface area contributed by atoms with Crippen molar-refractivity contribution >= 4 is 11.8 Å². The minimum Gasteiger partial charge on any atom is -0.439 e. The number of benzene rings is 1. The van der Waals surface area contributed by atoms with E-state index in [1.165, 1.54) is 0 Å². The molecule has 6 nitrogen and oxygen atoms in total. The minimum atomic E-state index is 0.494. The summed E-state index contributed by atoms with van der Waals surface area (Å²) >= 11 is 0. The third-order valence-electron chi connectivity index (χ3n) is 3.27. The fourth-order valence-electron chi connectivity index (χ4n) is 2.08. The third kappa shape index (κ3) is 4.19. The monoisotopic (exact) mass is 321 g/mol. The zero-order chi connectivity index (χ0) is 16.8. The lowest BCUT2D eigenvalue weighted by Crippen LogP contribution is -2.12. The molecule has 1 N–H and O–H groups in total. The first kappa shape index (κ1) is 15.7. The molecular formula is C18H19N5O. The maximum Gasteiger partial charge on any atom is 0.226 e. The average molecular weight is 321 g/mol. The summed E-state index contributed by atoms with van der Waals surface area (Å²) in [5.41, 5.74) is 0.916. The number of hydrogen-bond donors (Lipinski definition) is 1. The van der Waals surface area contributed by atoms with Crippen molar-refractivity contribution in [2.45, 2.75) is 6.54 Å². The van der Waals surface area contributed by atoms with Crippen LogP contribution in [0.5, 0.6) is 11.6 Å². The normalized spacial score (nSPS) is 10.2. The number of nitrogens with zero attached hydrogens (tertiary/aromatic N) is 4. The Hall–Kier alpha value is -3.15. The molecule has 2 aromatic heterocycles. The van der Waals surface area contributed by atoms with E-state index in [1.54, 1.807) is 12.3 Å². The highest BCUT2D eigenvalue weighted by molar-refractivity contribution is 5.38. The van der Waals surface area contributed by atoms with Crippen molar-refractivity contribution in [1.29, 1.82) is 0 Å². The van der Waals surface area contributed by atoms with Gasteiger partial charge in [-0.15, -0.1) is 0 Å². The van der Waals surface area contributed by atoms with E-state index in [9.17, 15) is 0 Å². The molecule has 0 aliphatic rings. The van der Waals surface area contributed by atoms with Crippen molar-refractivity contribution in [1.82, 2.24) is 15.0 Å². The first-order chi connectivity index (χ1) is 11.7. The molecule has 6 heteroatoms. The summed E-state index contributed by atoms with van der Waals surface area (Å²) < 4.78 is 5.71. The highest BCUT2D eigenvalue weighted by atomic mass is 16.5. The maximum absolute atomic E-state index is 5.71. The molecule has 3 aromatic rings. The molecular weight excluding hydrogens is 302 g/mol. The van der Waals surface area contributed by atoms with Gasteiger partial charge >= 0.3 is 0 Å². The van der Waals surface area contributed by atoms with Crippen LogP contribution in [-0.2, 0) is 6.54 Å². The third-order valence-corrected chi connectivity index (χ3v) is 3.27. The number of pyridine rings is 1. The van der Waals surface area contributed by atoms with Crippen LogP contribution in [0.15, 0.2) is 60.8 Å². The average Bonchev–Trinajstić information content (AvgIpc) is 2.61. The van der Waals surface area contributed by atoms with Crippen LogP contribution in [0.2, 0.25) is 0 Å². The van der Waals surface area contributed by atoms with Gasteiger partial charge in [-0.3, -0.25) is 0 Å². The fraction of sp³-hybridized carbons (Fsp3) is 0.167. The van der Waals surface area contributed by atoms with Crippen LogP contribution >= 0.6 is 0 Å². The van der Waals surface area contributed by atoms with Gasteiger partial charge in [0.15, 0.2) is 0 Å². The Labute approximate surface area is 141 Å². The lowest BCUT2D eigenvalue weighted by Gasteiger charge is -2.12. The second-order valence-electron chi connectivity index (χ2n) is 5.37. The second kappa shape index (κ2) is 7.41. The van der Waals surface area contributed by atoms with Crippen LogP contribution in [0.3, 0.4) is 0 Å². The lowest BCUT2D eigenvalue weighted by molar-refractivity contribution is 0.462. The predicted octanol–water partition coefficient (Wildman–Crippen LogP) is 3.34. The van der Waals surface area contributed by atoms with E-state index in [4.69, 9.17) is 4.74 Å². The molecule has 0 atom stereocenters. The van der Waals surface area contributed by atoms with Crippen molar-refractivity contribution in [3.63, 3.8) is 0 Å². The summed E-state index contributed by atoms with van der Waals surface area (Å²) in [4.78, 5) is 15.1. The summed E-state index contributed by atoms with van der Waals surface area (Å²) in [6.07, 6.45) is 1.66. The van der Waals surface area contributed by atoms with Crippen molar-refractivity contribution in [3.05, 3.63) is 66.5 Å². The van der Waals surface area contributed by atoms with Gasteiger partial charge in [-0.2, -0.15) is 4.98 Å². The molecule has 0 aliphatic carbocycles. The predicted molar refractivity (Wildman–Crippen MR) is 94.4 cm³/mol. The Balaban J connectivity index is 1.65. The van der Waals surface area contributed by atoms with Gasteiger partial charge in [0.1, 0.15) is 11.6 Å². The Morgan fingerprint density at radius 1 is 0.958 bits per heavy atom. The maximum atomic E-state index is 5.71. The number of para-hydroxylation sites is 1. The summed E-state index contributed by atoms with van der Waals surface area (Å²) in [5.74, 6) is 2.65. The molecule has 0 amide bonds. The van der Waals surface area contributed by atoms with Gasteiger partial charge in [0, 0.05) is 26.4 Å². The Bertz CT molecular complexity index is 792. The van der Waals surface area contributed by atoms with Crippen LogP contribution in [0, 0.1) is 0 Å². The molecule has 0 bridgehead atoms. The summed E-state index contributed by atoms with van der Waals surface area (Å²) in [7, 11) is 3.93. The molecule has 3 rings (SSSR count). The SMILES string of the molecule is CN(C)c1cccc(CNc2nccc(Oc3ccccc3)n2)n1. The van der Waals surface area contributed by atoms with E-state index >= 15 is 0 Å². The highest BCUT2D eigenvalue weighted by Gasteiger charge is 2.03. The van der Waals surface area contributed by atoms with Gasteiger partial charge in [-0.25, -0.2) is 9.97 Å². The van der Waals surface area contributed by atoms with E-state index in [-0.39, 0.29) is 0 Å². The topological polar surface area (TPSA) is 63.2 Å². The molecule has 0 radical (unpaired) electrons. The standard InChI is InChI=1S/C18H19N5O/c1-23(2)16-10-6-7-14(21-16)13-20-18-19-12-11-17(22-18)24-15-8-4-3-5-9-15/h3-12H,13H2,1-2H3,(H,19,20,22). The Morgan fingerprint density at radius 3 is 2.58 bits per heavy atom. The molecule has 0 unspecified atom stereocenters. The van der Waals surface area contributed by atoms with Crippen LogP contribution in [0.25, 0.3) is 0 Å². The number of ether oxygens (including phenoxy) is 1. The summed E-state index contributed by atoms with van der Waals surface area (Å²) in [6.45, 7) is 0.538. The van der Waals surface area contributed by atoms with Crippen LogP contribution in [0.1, 0.15) is 5.69 Å². The van der Waals surface area contributed by atoms with Crippen molar-refractivity contribution in [2.75, 3.05) is 24.3 Å². The van der Waals surface area contributed by atoms with Gasteiger partial charge in [0.2, 0.25) is 11.8 Å². The summed E-state index contributed by atoms with van der Waals surface area (Å²) in [5, 5.41) is 3.17. The zero-order valence-corrected chi connectivity index (χ0v) is 13.7. The second-order valence-corrected chi connectivity index (χ2v) is 5.37. The molecule has 24 heavy (non-hydrogen) atoms. The smallest absolute Gasteiger partial charge is 0.226 e. The number of anilines is 2. The molecule has 122 valence electrons. The van der Waals surface area contributed by atoms with Crippen molar-refractivity contribution < 1.29 is 4.74 Å². The molecule has 0 saturated carbocycles. The highest BCUT2D eigenvalue weighted by Crippen LogP contribution is 2.19. The van der Waals surface area contributed by atoms with E-state index < -0.39 is 0 Å². The van der Waals surface area contributed by atoms with E-state index in [1.807, 2.05) is 67.5 Å². The first-order valence-electron chi connectivity index (χ1n) is 7.64. The van der Waals surface area contributed by atoms with Crippen molar-refractivity contribution in [2.24, 2.45) is 0 Å². The van der Waals surface area contributed by atoms with Gasteiger partial charge in [-0.05, 0) is 24.3 Å². The first-order valence-corrected chi connectivity index (χ1v) is 7.64. The van der Waals surface area contributed by atoms with Crippen LogP contribution in [0.4, 0.5) is 11.8 Å². The summed E-state index contributed by atoms with van der Waals surface area (Å²) in [6, 6.07) is 17.2. The molecule has 0 spiro atoms. The van der Waals surface area contributed by atoms with E-state index in [0.29, 0.717) is 18.4 Å². The zero-order valence-electron chi connectivity index (χ0n) is 13.7. The molecule has 0 fully saturated rings. The Morgan fingerprint density at radius 2 is 1.79 bits per heavy atom. The van der Waals surface area contributed by atoms with Gasteiger partial charge in [-0.1, -0.05) is 24.3 Å². The molecule has 2 heterocycles. The number of aromatic nitrogens is 3. The quantitative estimate of drug-likeness (QED) is 0.751. The van der Waals surface area contributed by atoms with Crippen LogP contribution < -0.4 is 15.0 Å². The van der Waals surface area contributed by atoms with Crippen LogP contribution in [-0.4, -0.2) is 29.0 Å². The Kier molecular flexibility index (Phi) is 4.86. The largest absolute Gasteiger partial charge is 0.439 e. The fourth-order valence-corrected chi connectivity index (χ4v) is 2.08. The molecule has 1 aromatic carbocycles. The van der Waals surface area contributed by atoms with Gasteiger partial charge in [0.05, 0.1) is 12.2 Å². The number of rotatable bonds is 6. The van der Waals surface area contributed by atoms with Gasteiger partial charge in [0.25, 0.3) is 0 Å². The lowest BCUT2D eigenvalue weighted by atomic mass is 10.3. The number of hydrogen-bond acceptors (Lipinski definition) is 6. The van der Waals surface area contributed by atoms with E-state index in [2.05, 4.69) is 20.3 Å². The van der Waals surface area contributed by atoms with Crippen molar-refractivity contribution in [3.8, 4) is 11.6 Å². The van der Waals surface area contributed by atoms with Gasteiger partial charge < -0.3 is 15.0 Å². The molecule has 0 saturated heterocycles. The van der Waals surface area contributed by atoms with E-state index in [0.717, 1.165) is 17.3 Å². The molecule has 0 aliphatic heterocycles.